The molecule has 0 bridgehead atoms. The number of carbonyl (C=O) groups excluding carboxylic acids is 1. The molecule has 0 aliphatic heterocycles. The number of sulfone groups is 1. The number of hydrogen-bond donors (Lipinski definition) is 0. The number of aryl methyl sites for hydroxylation is 1. The van der Waals surface area contributed by atoms with Crippen LogP contribution in [0.2, 0.25) is 0 Å². The molecule has 34 heavy (non-hydrogen) atoms. The smallest absolute Gasteiger partial charge is 0.268 e. The van der Waals surface area contributed by atoms with E-state index in [0.717, 1.165) is 27.9 Å². The lowest BCUT2D eigenvalue weighted by atomic mass is 10.1. The normalized spacial score (nSPS) is 12.5. The zero-order valence-corrected chi connectivity index (χ0v) is 20.5. The Morgan fingerprint density at radius 1 is 1.12 bits per heavy atom. The molecule has 1 heterocycles. The summed E-state index contributed by atoms with van der Waals surface area (Å²) in [5, 5.41) is 9.55. The predicted molar refractivity (Wildman–Crippen MR) is 126 cm³/mol. The molecule has 1 aromatic heterocycles. The number of fused-ring (bicyclic) bond motifs is 1. The minimum Gasteiger partial charge on any atom is -0.382 e. The van der Waals surface area contributed by atoms with Gasteiger partial charge in [0.25, 0.3) is 10.0 Å². The molecule has 178 valence electrons. The molecule has 0 amide bonds. The molecule has 0 N–H and O–H groups in total. The Labute approximate surface area is 197 Å². The van der Waals surface area contributed by atoms with Crippen molar-refractivity contribution in [1.29, 1.82) is 5.26 Å². The molecule has 0 radical (unpaired) electrons. The van der Waals surface area contributed by atoms with Gasteiger partial charge in [-0.05, 0) is 37.3 Å². The highest BCUT2D eigenvalue weighted by atomic mass is 32.2. The van der Waals surface area contributed by atoms with E-state index in [9.17, 15) is 31.3 Å². The number of Topliss-reactive ketones (excluding diaryl/α,β-unsaturated/α-hetero) is 1. The summed E-state index contributed by atoms with van der Waals surface area (Å²) in [4.78, 5) is 14.6. The highest BCUT2D eigenvalue weighted by Crippen LogP contribution is 2.30. The molecular weight excluding hydrogens is 481 g/mol. The third-order valence-corrected chi connectivity index (χ3v) is 7.46. The van der Waals surface area contributed by atoms with Gasteiger partial charge in [-0.3, -0.25) is 4.79 Å². The van der Waals surface area contributed by atoms with Crippen LogP contribution in [-0.2, 0) is 25.6 Å². The van der Waals surface area contributed by atoms with E-state index in [2.05, 4.69) is 0 Å². The van der Waals surface area contributed by atoms with E-state index >= 15 is 0 Å². The van der Waals surface area contributed by atoms with Crippen LogP contribution in [0.5, 0.6) is 0 Å². The van der Waals surface area contributed by atoms with E-state index in [1.807, 2.05) is 0 Å². The van der Waals surface area contributed by atoms with Crippen molar-refractivity contribution < 1.29 is 26.0 Å². The first kappa shape index (κ1) is 25.1. The van der Waals surface area contributed by atoms with Gasteiger partial charge in [0.15, 0.2) is 9.84 Å². The van der Waals surface area contributed by atoms with Gasteiger partial charge >= 0.3 is 0 Å². The molecule has 0 aliphatic rings. The average molecular weight is 504 g/mol. The lowest BCUT2D eigenvalue weighted by Crippen LogP contribution is -2.20. The number of nitriles is 1. The fraction of sp³-hybridized carbons (Fsp3) is 0.217. The Hall–Kier alpha value is -3.49. The molecule has 0 spiro atoms. The van der Waals surface area contributed by atoms with E-state index in [0.29, 0.717) is 0 Å². The first-order valence-electron chi connectivity index (χ1n) is 9.91. The predicted octanol–water partition coefficient (Wildman–Crippen LogP) is 3.02. The molecule has 2 aromatic carbocycles. The number of ketones is 1. The summed E-state index contributed by atoms with van der Waals surface area (Å²) in [6, 6.07) is 10.9. The molecule has 11 heteroatoms. The zero-order valence-electron chi connectivity index (χ0n) is 18.9. The second-order valence-electron chi connectivity index (χ2n) is 8.13. The van der Waals surface area contributed by atoms with Crippen molar-refractivity contribution in [2.45, 2.75) is 17.6 Å². The number of rotatable bonds is 7. The Kier molecular flexibility index (Phi) is 6.68. The maximum Gasteiger partial charge on any atom is 0.268 e. The lowest BCUT2D eigenvalue weighted by molar-refractivity contribution is 0.103. The third kappa shape index (κ3) is 5.03. The van der Waals surface area contributed by atoms with Crippen molar-refractivity contribution in [3.63, 3.8) is 0 Å². The largest absolute Gasteiger partial charge is 0.382 e. The van der Waals surface area contributed by atoms with Crippen LogP contribution in [0.1, 0.15) is 21.6 Å². The van der Waals surface area contributed by atoms with Gasteiger partial charge in [0, 0.05) is 37.5 Å². The van der Waals surface area contributed by atoms with E-state index in [-0.39, 0.29) is 32.6 Å². The van der Waals surface area contributed by atoms with Gasteiger partial charge in [-0.2, -0.15) is 5.26 Å². The Morgan fingerprint density at radius 2 is 1.74 bits per heavy atom. The molecule has 3 rings (SSSR count). The van der Waals surface area contributed by atoms with Crippen molar-refractivity contribution >= 4 is 36.5 Å². The van der Waals surface area contributed by atoms with E-state index < -0.39 is 37.2 Å². The Balaban J connectivity index is 2.41. The van der Waals surface area contributed by atoms with Crippen molar-refractivity contribution in [1.82, 2.24) is 8.87 Å². The SMILES string of the molecule is Cc1ccc(S(=O)(=O)n2c(C(=O)/C(C#N)=C/N(C)C)cc3cc(F)c(CS(C)(=O)=O)cc32)cc1. The van der Waals surface area contributed by atoms with Crippen molar-refractivity contribution in [2.75, 3.05) is 20.4 Å². The maximum absolute atomic E-state index is 14.7. The molecule has 0 fully saturated rings. The van der Waals surface area contributed by atoms with Gasteiger partial charge in [0.05, 0.1) is 16.2 Å². The van der Waals surface area contributed by atoms with Crippen LogP contribution in [-0.4, -0.2) is 51.8 Å². The number of allylic oxidation sites excluding steroid dienone is 1. The molecule has 0 saturated heterocycles. The molecule has 8 nitrogen and oxygen atoms in total. The standard InChI is InChI=1S/C23H22FN3O5S2/c1-15-5-7-19(8-6-15)34(31,32)27-21-11-17(14-33(4,29)30)20(24)9-16(21)10-22(27)23(28)18(12-25)13-26(2)3/h5-11,13H,14H2,1-4H3/b18-13+. The summed E-state index contributed by atoms with van der Waals surface area (Å²) in [6.45, 7) is 1.78. The Bertz CT molecular complexity index is 1580. The maximum atomic E-state index is 14.7. The highest BCUT2D eigenvalue weighted by Gasteiger charge is 2.29. The van der Waals surface area contributed by atoms with Crippen molar-refractivity contribution in [3.8, 4) is 6.07 Å². The fourth-order valence-corrected chi connectivity index (χ4v) is 5.70. The molecule has 3 aromatic rings. The minimum atomic E-state index is -4.38. The van der Waals surface area contributed by atoms with Crippen LogP contribution >= 0.6 is 0 Å². The molecular formula is C23H22FN3O5S2. The van der Waals surface area contributed by atoms with Crippen LogP contribution < -0.4 is 0 Å². The summed E-state index contributed by atoms with van der Waals surface area (Å²) in [5.41, 5.74) is -0.208. The number of halogens is 1. The molecule has 0 unspecified atom stereocenters. The fourth-order valence-electron chi connectivity index (χ4n) is 3.41. The Morgan fingerprint density at radius 3 is 2.26 bits per heavy atom. The van der Waals surface area contributed by atoms with Crippen LogP contribution in [0.15, 0.2) is 59.1 Å². The van der Waals surface area contributed by atoms with Crippen LogP contribution in [0, 0.1) is 24.1 Å². The third-order valence-electron chi connectivity index (χ3n) is 4.89. The van der Waals surface area contributed by atoms with Crippen LogP contribution in [0.25, 0.3) is 10.9 Å². The van der Waals surface area contributed by atoms with Crippen LogP contribution in [0.4, 0.5) is 4.39 Å². The van der Waals surface area contributed by atoms with E-state index in [1.54, 1.807) is 39.2 Å². The summed E-state index contributed by atoms with van der Waals surface area (Å²) < 4.78 is 66.3. The van der Waals surface area contributed by atoms with E-state index in [1.165, 1.54) is 29.3 Å². The topological polar surface area (TPSA) is 117 Å². The number of nitrogens with zero attached hydrogens (tertiary/aromatic N) is 3. The van der Waals surface area contributed by atoms with Crippen molar-refractivity contribution in [3.05, 3.63) is 76.9 Å². The number of hydrogen-bond acceptors (Lipinski definition) is 7. The van der Waals surface area contributed by atoms with Crippen LogP contribution in [0.3, 0.4) is 0 Å². The summed E-state index contributed by atoms with van der Waals surface area (Å²) in [5.74, 6) is -2.39. The average Bonchev–Trinajstić information content (AvgIpc) is 3.09. The molecule has 0 saturated carbocycles. The highest BCUT2D eigenvalue weighted by molar-refractivity contribution is 7.90. The van der Waals surface area contributed by atoms with E-state index in [4.69, 9.17) is 0 Å². The monoisotopic (exact) mass is 503 g/mol. The summed E-state index contributed by atoms with van der Waals surface area (Å²) >= 11 is 0. The van der Waals surface area contributed by atoms with Crippen molar-refractivity contribution in [2.24, 2.45) is 0 Å². The van der Waals surface area contributed by atoms with Gasteiger partial charge in [0.2, 0.25) is 5.78 Å². The summed E-state index contributed by atoms with van der Waals surface area (Å²) in [6.07, 6.45) is 2.18. The quantitative estimate of drug-likeness (QED) is 0.276. The van der Waals surface area contributed by atoms with Gasteiger partial charge in [-0.1, -0.05) is 17.7 Å². The van der Waals surface area contributed by atoms with Gasteiger partial charge < -0.3 is 4.90 Å². The van der Waals surface area contributed by atoms with Gasteiger partial charge in [0.1, 0.15) is 23.2 Å². The second kappa shape index (κ2) is 9.04. The molecule has 0 aliphatic carbocycles. The first-order chi connectivity index (χ1) is 15.7. The second-order valence-corrected chi connectivity index (χ2v) is 12.1. The minimum absolute atomic E-state index is 0.0657. The summed E-state index contributed by atoms with van der Waals surface area (Å²) in [7, 11) is -4.84. The number of aromatic nitrogens is 1. The first-order valence-corrected chi connectivity index (χ1v) is 13.4. The lowest BCUT2D eigenvalue weighted by Gasteiger charge is -2.13. The van der Waals surface area contributed by atoms with Gasteiger partial charge in [-0.25, -0.2) is 25.2 Å². The number of carbonyl (C=O) groups is 1. The zero-order chi connectivity index (χ0) is 25.4. The number of benzene rings is 2. The molecule has 0 atom stereocenters. The van der Waals surface area contributed by atoms with Gasteiger partial charge in [-0.15, -0.1) is 0 Å².